The van der Waals surface area contributed by atoms with Crippen LogP contribution in [-0.4, -0.2) is 22.3 Å². The largest absolute Gasteiger partial charge is 0.485 e. The van der Waals surface area contributed by atoms with Crippen LogP contribution in [-0.2, 0) is 0 Å². The highest BCUT2D eigenvalue weighted by Gasteiger charge is 2.37. The van der Waals surface area contributed by atoms with Gasteiger partial charge in [-0.3, -0.25) is 0 Å². The summed E-state index contributed by atoms with van der Waals surface area (Å²) < 4.78 is 5.54. The smallest absolute Gasteiger partial charge is 0.406 e. The lowest BCUT2D eigenvalue weighted by molar-refractivity contribution is -0.390. The molecule has 0 atom stereocenters. The van der Waals surface area contributed by atoms with Gasteiger partial charge in [-0.25, -0.2) is 0 Å². The molecule has 0 radical (unpaired) electrons. The van der Waals surface area contributed by atoms with Gasteiger partial charge in [0, 0.05) is 5.41 Å². The van der Waals surface area contributed by atoms with Gasteiger partial charge in [0.1, 0.15) is 6.20 Å². The van der Waals surface area contributed by atoms with Crippen molar-refractivity contribution in [2.24, 2.45) is 5.41 Å². The Labute approximate surface area is 105 Å². The number of pyridine rings is 1. The van der Waals surface area contributed by atoms with Crippen molar-refractivity contribution in [3.05, 3.63) is 28.4 Å². The van der Waals surface area contributed by atoms with Crippen LogP contribution in [0.25, 0.3) is 0 Å². The zero-order valence-corrected chi connectivity index (χ0v) is 10.2. The number of hydrogen-bond donors (Lipinski definition) is 1. The van der Waals surface area contributed by atoms with Crippen LogP contribution in [0, 0.1) is 15.5 Å². The maximum absolute atomic E-state index is 10.7. The molecule has 1 aromatic rings. The van der Waals surface area contributed by atoms with E-state index in [1.54, 1.807) is 12.1 Å². The highest BCUT2D eigenvalue weighted by molar-refractivity contribution is 7.80. The summed E-state index contributed by atoms with van der Waals surface area (Å²) in [6.07, 6.45) is 4.72. The highest BCUT2D eigenvalue weighted by atomic mass is 32.1. The van der Waals surface area contributed by atoms with Gasteiger partial charge in [-0.05, 0) is 40.6 Å². The summed E-state index contributed by atoms with van der Waals surface area (Å²) in [7, 11) is 0. The number of nitrogens with zero attached hydrogens (tertiary/aromatic N) is 2. The summed E-state index contributed by atoms with van der Waals surface area (Å²) in [5.41, 5.74) is 0.0901. The molecule has 1 fully saturated rings. The Morgan fingerprint density at radius 3 is 2.88 bits per heavy atom. The second kappa shape index (κ2) is 4.91. The Bertz CT molecular complexity index is 415. The van der Waals surface area contributed by atoms with E-state index in [0.717, 1.165) is 18.6 Å². The lowest BCUT2D eigenvalue weighted by atomic mass is 9.71. The molecule has 0 aromatic carbocycles. The van der Waals surface area contributed by atoms with Gasteiger partial charge >= 0.3 is 5.82 Å². The summed E-state index contributed by atoms with van der Waals surface area (Å²) in [6, 6.07) is 3.21. The van der Waals surface area contributed by atoms with Crippen molar-refractivity contribution in [2.75, 3.05) is 12.4 Å². The molecular formula is C11H14N2O3S. The molecule has 0 N–H and O–H groups in total. The topological polar surface area (TPSA) is 65.3 Å². The summed E-state index contributed by atoms with van der Waals surface area (Å²) in [6.45, 7) is 0.475. The average Bonchev–Trinajstić information content (AvgIpc) is 2.28. The Balaban J connectivity index is 2.06. The Morgan fingerprint density at radius 1 is 1.59 bits per heavy atom. The number of nitro groups is 1. The third-order valence-corrected chi connectivity index (χ3v) is 3.88. The first-order valence-electron chi connectivity index (χ1n) is 5.50. The molecule has 5 nitrogen and oxygen atoms in total. The normalized spacial score (nSPS) is 17.2. The molecule has 0 amide bonds. The van der Waals surface area contributed by atoms with Crippen molar-refractivity contribution in [1.29, 1.82) is 0 Å². The summed E-state index contributed by atoms with van der Waals surface area (Å²) in [5.74, 6) is 0.771. The van der Waals surface area contributed by atoms with E-state index in [-0.39, 0.29) is 17.0 Å². The van der Waals surface area contributed by atoms with Crippen LogP contribution < -0.4 is 4.74 Å². The van der Waals surface area contributed by atoms with Crippen molar-refractivity contribution < 1.29 is 9.66 Å². The minimum absolute atomic E-state index is 0.0901. The van der Waals surface area contributed by atoms with Crippen LogP contribution >= 0.6 is 12.6 Å². The molecule has 0 bridgehead atoms. The molecule has 1 aliphatic carbocycles. The average molecular weight is 254 g/mol. The molecule has 0 saturated heterocycles. The molecule has 1 aliphatic rings. The zero-order chi connectivity index (χ0) is 12.3. The van der Waals surface area contributed by atoms with Gasteiger partial charge in [0.25, 0.3) is 0 Å². The van der Waals surface area contributed by atoms with E-state index < -0.39 is 4.92 Å². The summed E-state index contributed by atoms with van der Waals surface area (Å²) in [5, 5.41) is 10.7. The zero-order valence-electron chi connectivity index (χ0n) is 9.33. The highest BCUT2D eigenvalue weighted by Crippen LogP contribution is 2.42. The number of thiol groups is 1. The first-order chi connectivity index (χ1) is 8.17. The fraction of sp³-hybridized carbons (Fsp3) is 0.545. The molecule has 0 aliphatic heterocycles. The van der Waals surface area contributed by atoms with E-state index in [0.29, 0.717) is 6.61 Å². The third-order valence-electron chi connectivity index (χ3n) is 3.21. The van der Waals surface area contributed by atoms with Crippen LogP contribution in [0.5, 0.6) is 5.75 Å². The number of aromatic nitrogens is 1. The Kier molecular flexibility index (Phi) is 3.51. The Hall–Kier alpha value is -1.30. The monoisotopic (exact) mass is 254 g/mol. The molecular weight excluding hydrogens is 240 g/mol. The fourth-order valence-electron chi connectivity index (χ4n) is 1.89. The van der Waals surface area contributed by atoms with Gasteiger partial charge in [-0.1, -0.05) is 6.42 Å². The SMILES string of the molecule is O=[N+]([O-])c1ncccc1OCC1(CS)CCC1. The summed E-state index contributed by atoms with van der Waals surface area (Å²) in [4.78, 5) is 13.9. The van der Waals surface area contributed by atoms with E-state index in [1.807, 2.05) is 0 Å². The molecule has 1 aromatic heterocycles. The van der Waals surface area contributed by atoms with Crippen molar-refractivity contribution in [2.45, 2.75) is 19.3 Å². The van der Waals surface area contributed by atoms with Crippen LogP contribution in [0.3, 0.4) is 0 Å². The van der Waals surface area contributed by atoms with Crippen LogP contribution in [0.1, 0.15) is 19.3 Å². The number of ether oxygens (including phenoxy) is 1. The van der Waals surface area contributed by atoms with Gasteiger partial charge in [0.2, 0.25) is 5.75 Å². The molecule has 6 heteroatoms. The second-order valence-electron chi connectivity index (χ2n) is 4.38. The van der Waals surface area contributed by atoms with Crippen molar-refractivity contribution in [3.8, 4) is 5.75 Å². The fourth-order valence-corrected chi connectivity index (χ4v) is 2.30. The van der Waals surface area contributed by atoms with Gasteiger partial charge in [0.05, 0.1) is 6.61 Å². The Morgan fingerprint density at radius 2 is 2.35 bits per heavy atom. The van der Waals surface area contributed by atoms with E-state index >= 15 is 0 Å². The molecule has 2 rings (SSSR count). The molecule has 0 spiro atoms. The van der Waals surface area contributed by atoms with E-state index in [2.05, 4.69) is 17.6 Å². The molecule has 17 heavy (non-hydrogen) atoms. The minimum Gasteiger partial charge on any atom is -0.485 e. The first-order valence-corrected chi connectivity index (χ1v) is 6.13. The first kappa shape index (κ1) is 12.2. The maximum atomic E-state index is 10.7. The van der Waals surface area contributed by atoms with Crippen LogP contribution in [0.2, 0.25) is 0 Å². The number of rotatable bonds is 5. The lowest BCUT2D eigenvalue weighted by Gasteiger charge is -2.40. The minimum atomic E-state index is -0.524. The van der Waals surface area contributed by atoms with Gasteiger partial charge in [-0.2, -0.15) is 12.6 Å². The third kappa shape index (κ3) is 2.52. The summed E-state index contributed by atoms with van der Waals surface area (Å²) >= 11 is 4.32. The van der Waals surface area contributed by atoms with Gasteiger partial charge < -0.3 is 14.9 Å². The molecule has 92 valence electrons. The van der Waals surface area contributed by atoms with Gasteiger partial charge in [-0.15, -0.1) is 0 Å². The van der Waals surface area contributed by atoms with E-state index in [9.17, 15) is 10.1 Å². The maximum Gasteiger partial charge on any atom is 0.406 e. The van der Waals surface area contributed by atoms with E-state index in [4.69, 9.17) is 4.74 Å². The van der Waals surface area contributed by atoms with Gasteiger partial charge in [0.15, 0.2) is 0 Å². The molecule has 1 saturated carbocycles. The molecule has 0 unspecified atom stereocenters. The number of hydrogen-bond acceptors (Lipinski definition) is 5. The van der Waals surface area contributed by atoms with Crippen molar-refractivity contribution in [1.82, 2.24) is 4.98 Å². The van der Waals surface area contributed by atoms with Crippen LogP contribution in [0.15, 0.2) is 18.3 Å². The van der Waals surface area contributed by atoms with E-state index in [1.165, 1.54) is 12.6 Å². The van der Waals surface area contributed by atoms with Crippen molar-refractivity contribution in [3.63, 3.8) is 0 Å². The quantitative estimate of drug-likeness (QED) is 0.498. The second-order valence-corrected chi connectivity index (χ2v) is 4.70. The standard InChI is InChI=1S/C11H14N2O3S/c14-13(15)10-9(3-1-6-12-10)16-7-11(8-17)4-2-5-11/h1,3,6,17H,2,4-5,7-8H2. The predicted molar refractivity (Wildman–Crippen MR) is 66.5 cm³/mol. The lowest BCUT2D eigenvalue weighted by Crippen LogP contribution is -2.37. The van der Waals surface area contributed by atoms with Crippen molar-refractivity contribution >= 4 is 18.4 Å². The van der Waals surface area contributed by atoms with Crippen LogP contribution in [0.4, 0.5) is 5.82 Å². The molecule has 1 heterocycles. The predicted octanol–water partition coefficient (Wildman–Crippen LogP) is 2.47.